The third-order valence-electron chi connectivity index (χ3n) is 5.61. The number of nitrogens with one attached hydrogen (secondary N) is 1. The van der Waals surface area contributed by atoms with E-state index in [0.29, 0.717) is 12.6 Å². The van der Waals surface area contributed by atoms with Crippen molar-refractivity contribution < 1.29 is 9.53 Å². The number of hydrogen-bond donors (Lipinski definition) is 1. The zero-order chi connectivity index (χ0) is 18.4. The quantitative estimate of drug-likeness (QED) is 0.821. The SMILES string of the molecule is COc1ccc(CN2CCN(C(=O)CN(C)C3CCNCC3)CC2)cc1. The van der Waals surface area contributed by atoms with Crippen molar-refractivity contribution in [3.63, 3.8) is 0 Å². The molecule has 3 rings (SSSR count). The minimum atomic E-state index is 0.273. The van der Waals surface area contributed by atoms with Gasteiger partial charge in [0.05, 0.1) is 13.7 Å². The molecule has 0 radical (unpaired) electrons. The van der Waals surface area contributed by atoms with E-state index in [-0.39, 0.29) is 5.91 Å². The van der Waals surface area contributed by atoms with Crippen LogP contribution in [0.5, 0.6) is 5.75 Å². The zero-order valence-corrected chi connectivity index (χ0v) is 16.1. The molecule has 26 heavy (non-hydrogen) atoms. The maximum absolute atomic E-state index is 12.6. The smallest absolute Gasteiger partial charge is 0.236 e. The van der Waals surface area contributed by atoms with E-state index < -0.39 is 0 Å². The monoisotopic (exact) mass is 360 g/mol. The normalized spacial score (nSPS) is 19.7. The molecule has 2 aliphatic heterocycles. The van der Waals surface area contributed by atoms with E-state index in [2.05, 4.69) is 34.3 Å². The Labute approximate surface area is 157 Å². The summed E-state index contributed by atoms with van der Waals surface area (Å²) in [6.07, 6.45) is 2.28. The molecular formula is C20H32N4O2. The van der Waals surface area contributed by atoms with Crippen molar-refractivity contribution in [3.05, 3.63) is 29.8 Å². The number of methoxy groups -OCH3 is 1. The summed E-state index contributed by atoms with van der Waals surface area (Å²) in [4.78, 5) is 19.3. The molecule has 1 amide bonds. The number of piperidine rings is 1. The minimum absolute atomic E-state index is 0.273. The highest BCUT2D eigenvalue weighted by Crippen LogP contribution is 2.15. The van der Waals surface area contributed by atoms with Gasteiger partial charge in [-0.15, -0.1) is 0 Å². The second-order valence-electron chi connectivity index (χ2n) is 7.40. The molecule has 0 aliphatic carbocycles. The van der Waals surface area contributed by atoms with E-state index in [1.807, 2.05) is 17.0 Å². The molecule has 0 unspecified atom stereocenters. The van der Waals surface area contributed by atoms with E-state index in [1.54, 1.807) is 7.11 Å². The van der Waals surface area contributed by atoms with Crippen LogP contribution in [0.2, 0.25) is 0 Å². The summed E-state index contributed by atoms with van der Waals surface area (Å²) in [6, 6.07) is 8.78. The van der Waals surface area contributed by atoms with Gasteiger partial charge in [-0.1, -0.05) is 12.1 Å². The van der Waals surface area contributed by atoms with Crippen molar-refractivity contribution in [1.29, 1.82) is 0 Å². The largest absolute Gasteiger partial charge is 0.497 e. The van der Waals surface area contributed by atoms with Crippen LogP contribution in [0.25, 0.3) is 0 Å². The third kappa shape index (κ3) is 5.19. The number of carbonyl (C=O) groups is 1. The highest BCUT2D eigenvalue weighted by atomic mass is 16.5. The first-order valence-electron chi connectivity index (χ1n) is 9.69. The molecule has 0 aromatic heterocycles. The molecule has 2 aliphatic rings. The number of amides is 1. The van der Waals surface area contributed by atoms with Crippen molar-refractivity contribution in [2.24, 2.45) is 0 Å². The predicted molar refractivity (Wildman–Crippen MR) is 103 cm³/mol. The van der Waals surface area contributed by atoms with E-state index in [0.717, 1.165) is 64.4 Å². The molecule has 144 valence electrons. The van der Waals surface area contributed by atoms with Gasteiger partial charge in [-0.05, 0) is 50.7 Å². The fourth-order valence-corrected chi connectivity index (χ4v) is 3.83. The molecule has 0 spiro atoms. The zero-order valence-electron chi connectivity index (χ0n) is 16.1. The number of rotatable bonds is 6. The van der Waals surface area contributed by atoms with E-state index in [1.165, 1.54) is 5.56 Å². The summed E-state index contributed by atoms with van der Waals surface area (Å²) in [5, 5.41) is 3.38. The lowest BCUT2D eigenvalue weighted by Gasteiger charge is -2.37. The van der Waals surface area contributed by atoms with E-state index >= 15 is 0 Å². The summed E-state index contributed by atoms with van der Waals surface area (Å²) < 4.78 is 5.21. The first-order chi connectivity index (χ1) is 12.7. The van der Waals surface area contributed by atoms with Crippen molar-refractivity contribution in [2.45, 2.75) is 25.4 Å². The Hall–Kier alpha value is -1.63. The van der Waals surface area contributed by atoms with Crippen molar-refractivity contribution in [1.82, 2.24) is 20.0 Å². The summed E-state index contributed by atoms with van der Waals surface area (Å²) in [5.41, 5.74) is 1.29. The van der Waals surface area contributed by atoms with Crippen LogP contribution in [0, 0.1) is 0 Å². The average Bonchev–Trinajstić information content (AvgIpc) is 2.69. The topological polar surface area (TPSA) is 48.1 Å². The summed E-state index contributed by atoms with van der Waals surface area (Å²) >= 11 is 0. The summed E-state index contributed by atoms with van der Waals surface area (Å²) in [7, 11) is 3.78. The van der Waals surface area contributed by atoms with Crippen LogP contribution >= 0.6 is 0 Å². The number of benzene rings is 1. The first-order valence-corrected chi connectivity index (χ1v) is 9.69. The van der Waals surface area contributed by atoms with Gasteiger partial charge in [0, 0.05) is 38.8 Å². The molecule has 0 saturated carbocycles. The molecule has 1 aromatic rings. The fraction of sp³-hybridized carbons (Fsp3) is 0.650. The van der Waals surface area contributed by atoms with Gasteiger partial charge in [0.1, 0.15) is 5.75 Å². The number of piperazine rings is 1. The molecule has 6 nitrogen and oxygen atoms in total. The molecule has 1 N–H and O–H groups in total. The van der Waals surface area contributed by atoms with Crippen molar-refractivity contribution >= 4 is 5.91 Å². The number of nitrogens with zero attached hydrogens (tertiary/aromatic N) is 3. The molecular weight excluding hydrogens is 328 g/mol. The standard InChI is InChI=1S/C20H32N4O2/c1-22(18-7-9-21-10-8-18)16-20(25)24-13-11-23(12-14-24)15-17-3-5-19(26-2)6-4-17/h3-6,18,21H,7-16H2,1-2H3. The number of ether oxygens (including phenoxy) is 1. The van der Waals surface area contributed by atoms with Crippen LogP contribution in [0.3, 0.4) is 0 Å². The Bertz CT molecular complexity index is 564. The number of carbonyl (C=O) groups excluding carboxylic acids is 1. The van der Waals surface area contributed by atoms with Crippen LogP contribution in [0.1, 0.15) is 18.4 Å². The molecule has 6 heteroatoms. The Balaban J connectivity index is 1.41. The number of likely N-dealkylation sites (N-methyl/N-ethyl adjacent to an activating group) is 1. The second-order valence-corrected chi connectivity index (χ2v) is 7.40. The van der Waals surface area contributed by atoms with Gasteiger partial charge in [0.25, 0.3) is 0 Å². The van der Waals surface area contributed by atoms with Crippen molar-refractivity contribution in [2.75, 3.05) is 60.0 Å². The van der Waals surface area contributed by atoms with Gasteiger partial charge in [-0.25, -0.2) is 0 Å². The molecule has 0 atom stereocenters. The summed E-state index contributed by atoms with van der Waals surface area (Å²) in [5.74, 6) is 1.16. The molecule has 0 bridgehead atoms. The number of hydrogen-bond acceptors (Lipinski definition) is 5. The lowest BCUT2D eigenvalue weighted by molar-refractivity contribution is -0.134. The Morgan fingerprint density at radius 3 is 2.42 bits per heavy atom. The van der Waals surface area contributed by atoms with E-state index in [4.69, 9.17) is 4.74 Å². The van der Waals surface area contributed by atoms with Gasteiger partial charge in [0.2, 0.25) is 5.91 Å². The first kappa shape index (κ1) is 19.1. The molecule has 2 fully saturated rings. The maximum Gasteiger partial charge on any atom is 0.236 e. The lowest BCUT2D eigenvalue weighted by Crippen LogP contribution is -2.52. The van der Waals surface area contributed by atoms with Gasteiger partial charge in [0.15, 0.2) is 0 Å². The molecule has 2 saturated heterocycles. The minimum Gasteiger partial charge on any atom is -0.497 e. The Morgan fingerprint density at radius 1 is 1.15 bits per heavy atom. The van der Waals surface area contributed by atoms with Crippen LogP contribution < -0.4 is 10.1 Å². The van der Waals surface area contributed by atoms with Crippen LogP contribution in [-0.2, 0) is 11.3 Å². The molecule has 1 aromatic carbocycles. The van der Waals surface area contributed by atoms with Crippen LogP contribution in [-0.4, -0.2) is 86.6 Å². The fourth-order valence-electron chi connectivity index (χ4n) is 3.83. The van der Waals surface area contributed by atoms with Crippen LogP contribution in [0.4, 0.5) is 0 Å². The Morgan fingerprint density at radius 2 is 1.81 bits per heavy atom. The van der Waals surface area contributed by atoms with Crippen LogP contribution in [0.15, 0.2) is 24.3 Å². The molecule has 2 heterocycles. The van der Waals surface area contributed by atoms with E-state index in [9.17, 15) is 4.79 Å². The van der Waals surface area contributed by atoms with Gasteiger partial charge in [-0.2, -0.15) is 0 Å². The third-order valence-corrected chi connectivity index (χ3v) is 5.61. The van der Waals surface area contributed by atoms with Crippen molar-refractivity contribution in [3.8, 4) is 5.75 Å². The maximum atomic E-state index is 12.6. The second kappa shape index (κ2) is 9.35. The lowest BCUT2D eigenvalue weighted by atomic mass is 10.1. The van der Waals surface area contributed by atoms with Gasteiger partial charge >= 0.3 is 0 Å². The predicted octanol–water partition coefficient (Wildman–Crippen LogP) is 1.02. The highest BCUT2D eigenvalue weighted by molar-refractivity contribution is 5.78. The average molecular weight is 361 g/mol. The summed E-state index contributed by atoms with van der Waals surface area (Å²) in [6.45, 7) is 7.14. The highest BCUT2D eigenvalue weighted by Gasteiger charge is 2.25. The van der Waals surface area contributed by atoms with Gasteiger partial charge in [-0.3, -0.25) is 14.6 Å². The Kier molecular flexibility index (Phi) is 6.88. The van der Waals surface area contributed by atoms with Gasteiger partial charge < -0.3 is 15.0 Å².